The van der Waals surface area contributed by atoms with Gasteiger partial charge in [-0.3, -0.25) is 9.80 Å². The topological polar surface area (TPSA) is 32.8 Å². The Balaban J connectivity index is 1.44. The third-order valence-electron chi connectivity index (χ3n) is 6.14. The molecule has 3 fully saturated rings. The first-order valence-electron chi connectivity index (χ1n) is 9.54. The molecule has 2 heterocycles. The lowest BCUT2D eigenvalue weighted by Crippen LogP contribution is -2.63. The Labute approximate surface area is 153 Å². The second kappa shape index (κ2) is 6.80. The number of rotatable bonds is 4. The predicted octanol–water partition coefficient (Wildman–Crippen LogP) is 3.56. The van der Waals surface area contributed by atoms with Crippen molar-refractivity contribution in [2.45, 2.75) is 43.6 Å². The van der Waals surface area contributed by atoms with E-state index in [1.807, 2.05) is 23.1 Å². The molecule has 1 aromatic carbocycles. The maximum absolute atomic E-state index is 13.4. The number of nitrogens with zero attached hydrogens (tertiary/aromatic N) is 2. The minimum Gasteiger partial charge on any atom is -0.447 e. The third kappa shape index (κ3) is 3.56. The molecular weight excluding hydrogens is 338 g/mol. The summed E-state index contributed by atoms with van der Waals surface area (Å²) in [4.78, 5) is 16.4. The molecule has 0 radical (unpaired) electrons. The SMILES string of the molecule is O=C1OCC2(Cc3ccccc3)CN(CC3CCC(F)(F)CC3)CCN12. The molecule has 0 spiro atoms. The summed E-state index contributed by atoms with van der Waals surface area (Å²) >= 11 is 0. The quantitative estimate of drug-likeness (QED) is 0.819. The number of piperazine rings is 1. The number of hydrogen-bond acceptors (Lipinski definition) is 3. The summed E-state index contributed by atoms with van der Waals surface area (Å²) in [7, 11) is 0. The van der Waals surface area contributed by atoms with Crippen LogP contribution < -0.4 is 0 Å². The average Bonchev–Trinajstić information content (AvgIpc) is 2.94. The zero-order chi connectivity index (χ0) is 18.2. The van der Waals surface area contributed by atoms with E-state index in [0.29, 0.717) is 31.9 Å². The Morgan fingerprint density at radius 3 is 2.58 bits per heavy atom. The van der Waals surface area contributed by atoms with Gasteiger partial charge in [-0.25, -0.2) is 13.6 Å². The molecule has 1 aliphatic carbocycles. The zero-order valence-corrected chi connectivity index (χ0v) is 15.0. The molecule has 0 bridgehead atoms. The number of carbonyl (C=O) groups is 1. The maximum atomic E-state index is 13.4. The molecule has 0 N–H and O–H groups in total. The molecular formula is C20H26F2N2O2. The highest BCUT2D eigenvalue weighted by Gasteiger charge is 2.51. The van der Waals surface area contributed by atoms with E-state index in [2.05, 4.69) is 17.0 Å². The van der Waals surface area contributed by atoms with Gasteiger partial charge in [0.05, 0.1) is 5.54 Å². The van der Waals surface area contributed by atoms with Gasteiger partial charge in [0, 0.05) is 45.4 Å². The van der Waals surface area contributed by atoms with Crippen molar-refractivity contribution in [1.29, 1.82) is 0 Å². The molecule has 6 heteroatoms. The van der Waals surface area contributed by atoms with Gasteiger partial charge in [0.2, 0.25) is 5.92 Å². The fourth-order valence-corrected chi connectivity index (χ4v) is 4.72. The molecule has 1 saturated carbocycles. The van der Waals surface area contributed by atoms with Crippen LogP contribution in [0.25, 0.3) is 0 Å². The summed E-state index contributed by atoms with van der Waals surface area (Å²) in [6.45, 7) is 3.43. The van der Waals surface area contributed by atoms with E-state index in [-0.39, 0.29) is 24.5 Å². The summed E-state index contributed by atoms with van der Waals surface area (Å²) < 4.78 is 32.2. The van der Waals surface area contributed by atoms with Crippen molar-refractivity contribution in [3.8, 4) is 0 Å². The van der Waals surface area contributed by atoms with Crippen LogP contribution in [0.15, 0.2) is 30.3 Å². The van der Waals surface area contributed by atoms with Crippen molar-refractivity contribution in [2.75, 3.05) is 32.8 Å². The van der Waals surface area contributed by atoms with Gasteiger partial charge < -0.3 is 4.74 Å². The molecule has 1 aromatic rings. The van der Waals surface area contributed by atoms with Crippen molar-refractivity contribution in [2.24, 2.45) is 5.92 Å². The van der Waals surface area contributed by atoms with E-state index in [1.54, 1.807) is 0 Å². The van der Waals surface area contributed by atoms with Crippen molar-refractivity contribution in [3.05, 3.63) is 35.9 Å². The molecule has 26 heavy (non-hydrogen) atoms. The van der Waals surface area contributed by atoms with Crippen LogP contribution in [0.3, 0.4) is 0 Å². The Morgan fingerprint density at radius 1 is 1.12 bits per heavy atom. The number of benzene rings is 1. The number of cyclic esters (lactones) is 1. The Kier molecular flexibility index (Phi) is 4.63. The number of amides is 1. The third-order valence-corrected chi connectivity index (χ3v) is 6.14. The monoisotopic (exact) mass is 364 g/mol. The largest absolute Gasteiger partial charge is 0.447 e. The first-order chi connectivity index (χ1) is 12.5. The van der Waals surface area contributed by atoms with Crippen LogP contribution in [0.1, 0.15) is 31.2 Å². The predicted molar refractivity (Wildman–Crippen MR) is 94.3 cm³/mol. The number of carbonyl (C=O) groups excluding carboxylic acids is 1. The van der Waals surface area contributed by atoms with E-state index in [1.165, 1.54) is 5.56 Å². The van der Waals surface area contributed by atoms with Gasteiger partial charge in [-0.1, -0.05) is 30.3 Å². The lowest BCUT2D eigenvalue weighted by atomic mass is 9.84. The highest BCUT2D eigenvalue weighted by Crippen LogP contribution is 2.38. The van der Waals surface area contributed by atoms with Crippen LogP contribution in [0.4, 0.5) is 13.6 Å². The minimum absolute atomic E-state index is 0.00832. The van der Waals surface area contributed by atoms with Crippen LogP contribution in [0.5, 0.6) is 0 Å². The lowest BCUT2D eigenvalue weighted by Gasteiger charge is -2.46. The van der Waals surface area contributed by atoms with Crippen LogP contribution in [0, 0.1) is 5.92 Å². The summed E-state index contributed by atoms with van der Waals surface area (Å²) in [5.74, 6) is -2.15. The van der Waals surface area contributed by atoms with Gasteiger partial charge in [0.25, 0.3) is 0 Å². The molecule has 4 nitrogen and oxygen atoms in total. The maximum Gasteiger partial charge on any atom is 0.410 e. The van der Waals surface area contributed by atoms with Gasteiger partial charge >= 0.3 is 6.09 Å². The summed E-state index contributed by atoms with van der Waals surface area (Å²) in [5.41, 5.74) is 0.852. The van der Waals surface area contributed by atoms with Crippen LogP contribution in [-0.4, -0.2) is 60.1 Å². The molecule has 142 valence electrons. The van der Waals surface area contributed by atoms with Crippen molar-refractivity contribution in [1.82, 2.24) is 9.80 Å². The first-order valence-corrected chi connectivity index (χ1v) is 9.54. The summed E-state index contributed by atoms with van der Waals surface area (Å²) in [5, 5.41) is 0. The number of fused-ring (bicyclic) bond motifs is 1. The van der Waals surface area contributed by atoms with Gasteiger partial charge in [0.1, 0.15) is 6.61 Å². The van der Waals surface area contributed by atoms with Gasteiger partial charge in [-0.2, -0.15) is 0 Å². The summed E-state index contributed by atoms with van der Waals surface area (Å²) in [6.07, 6.45) is 1.74. The molecule has 2 saturated heterocycles. The second-order valence-corrected chi connectivity index (χ2v) is 8.13. The van der Waals surface area contributed by atoms with E-state index in [9.17, 15) is 13.6 Å². The Hall–Kier alpha value is -1.69. The smallest absolute Gasteiger partial charge is 0.410 e. The second-order valence-electron chi connectivity index (χ2n) is 8.13. The first kappa shape index (κ1) is 17.7. The zero-order valence-electron chi connectivity index (χ0n) is 15.0. The standard InChI is InChI=1S/C20H26F2N2O2/c21-20(22)8-6-17(7-9-20)13-23-10-11-24-18(25)26-15-19(24,14-23)12-16-4-2-1-3-5-16/h1-5,17H,6-15H2. The molecule has 1 unspecified atom stereocenters. The number of alkyl halides is 2. The Morgan fingerprint density at radius 2 is 1.85 bits per heavy atom. The van der Waals surface area contributed by atoms with Gasteiger partial charge in [-0.05, 0) is 24.3 Å². The molecule has 0 aromatic heterocycles. The fourth-order valence-electron chi connectivity index (χ4n) is 4.72. The molecule has 1 amide bonds. The molecule has 4 rings (SSSR count). The fraction of sp³-hybridized carbons (Fsp3) is 0.650. The lowest BCUT2D eigenvalue weighted by molar-refractivity contribution is -0.0522. The summed E-state index contributed by atoms with van der Waals surface area (Å²) in [6, 6.07) is 10.2. The van der Waals surface area contributed by atoms with E-state index >= 15 is 0 Å². The number of hydrogen-bond donors (Lipinski definition) is 0. The highest BCUT2D eigenvalue weighted by atomic mass is 19.3. The molecule has 3 aliphatic rings. The van der Waals surface area contributed by atoms with E-state index in [4.69, 9.17) is 4.74 Å². The number of halogens is 2. The van der Waals surface area contributed by atoms with E-state index in [0.717, 1.165) is 26.1 Å². The van der Waals surface area contributed by atoms with Crippen molar-refractivity contribution in [3.63, 3.8) is 0 Å². The Bertz CT molecular complexity index is 644. The number of ether oxygens (including phenoxy) is 1. The average molecular weight is 364 g/mol. The molecule has 1 atom stereocenters. The minimum atomic E-state index is -2.48. The van der Waals surface area contributed by atoms with Gasteiger partial charge in [0.15, 0.2) is 0 Å². The molecule has 2 aliphatic heterocycles. The van der Waals surface area contributed by atoms with Crippen LogP contribution in [-0.2, 0) is 11.2 Å². The highest BCUT2D eigenvalue weighted by molar-refractivity contribution is 5.71. The van der Waals surface area contributed by atoms with Gasteiger partial charge in [-0.15, -0.1) is 0 Å². The van der Waals surface area contributed by atoms with Crippen molar-refractivity contribution >= 4 is 6.09 Å². The van der Waals surface area contributed by atoms with E-state index < -0.39 is 5.92 Å². The van der Waals surface area contributed by atoms with Crippen LogP contribution in [0.2, 0.25) is 0 Å². The van der Waals surface area contributed by atoms with Crippen LogP contribution >= 0.6 is 0 Å². The normalized spacial score (nSPS) is 29.5. The van der Waals surface area contributed by atoms with Crippen molar-refractivity contribution < 1.29 is 18.3 Å².